The lowest BCUT2D eigenvalue weighted by Gasteiger charge is -2.23. The molecule has 0 heterocycles. The summed E-state index contributed by atoms with van der Waals surface area (Å²) in [5, 5.41) is 2.72. The molecule has 0 radical (unpaired) electrons. The van der Waals surface area contributed by atoms with Gasteiger partial charge in [0.15, 0.2) is 9.84 Å². The topological polar surface area (TPSA) is 46.2 Å². The molecule has 0 amide bonds. The lowest BCUT2D eigenvalue weighted by Crippen LogP contribution is -2.37. The number of sulfone groups is 1. The third-order valence-corrected chi connectivity index (χ3v) is 4.18. The Bertz CT molecular complexity index is 220. The summed E-state index contributed by atoms with van der Waals surface area (Å²) in [7, 11) is -1.12. The average molecular weight is 207 g/mol. The van der Waals surface area contributed by atoms with Crippen LogP contribution in [0, 0.1) is 5.92 Å². The van der Waals surface area contributed by atoms with Gasteiger partial charge in [-0.3, -0.25) is 0 Å². The zero-order valence-electron chi connectivity index (χ0n) is 9.00. The summed E-state index contributed by atoms with van der Waals surface area (Å²) in [6, 6.07) is 0. The quantitative estimate of drug-likeness (QED) is 0.708. The number of hydrogen-bond donors (Lipinski definition) is 1. The normalized spacial score (nSPS) is 14.8. The molecule has 0 aliphatic carbocycles. The van der Waals surface area contributed by atoms with Crippen molar-refractivity contribution >= 4 is 9.84 Å². The van der Waals surface area contributed by atoms with E-state index in [0.29, 0.717) is 6.54 Å². The van der Waals surface area contributed by atoms with Crippen LogP contribution in [0.25, 0.3) is 0 Å². The average Bonchev–Trinajstić information content (AvgIpc) is 2.03. The van der Waals surface area contributed by atoms with Gasteiger partial charge in [-0.1, -0.05) is 26.7 Å². The highest BCUT2D eigenvalue weighted by molar-refractivity contribution is 7.91. The molecule has 3 nitrogen and oxygen atoms in total. The Morgan fingerprint density at radius 2 is 1.69 bits per heavy atom. The maximum Gasteiger partial charge on any atom is 0.151 e. The van der Waals surface area contributed by atoms with Crippen LogP contribution in [0.5, 0.6) is 0 Å². The maximum absolute atomic E-state index is 11.4. The highest BCUT2D eigenvalue weighted by Gasteiger charge is 2.26. The first-order chi connectivity index (χ1) is 5.97. The van der Waals surface area contributed by atoms with Gasteiger partial charge in [-0.15, -0.1) is 0 Å². The Morgan fingerprint density at radius 1 is 1.23 bits per heavy atom. The van der Waals surface area contributed by atoms with Crippen LogP contribution in [0.4, 0.5) is 0 Å². The minimum absolute atomic E-state index is 0.229. The predicted octanol–water partition coefficient (Wildman–Crippen LogP) is 1.06. The lowest BCUT2D eigenvalue weighted by atomic mass is 9.99. The van der Waals surface area contributed by atoms with Crippen molar-refractivity contribution in [2.45, 2.75) is 31.9 Å². The zero-order chi connectivity index (χ0) is 10.5. The third kappa shape index (κ3) is 4.09. The fraction of sp³-hybridized carbons (Fsp3) is 1.00. The fourth-order valence-electron chi connectivity index (χ4n) is 1.68. The molecule has 1 atom stereocenters. The smallest absolute Gasteiger partial charge is 0.151 e. The van der Waals surface area contributed by atoms with Crippen molar-refractivity contribution in [2.24, 2.45) is 5.92 Å². The molecule has 0 spiro atoms. The van der Waals surface area contributed by atoms with Gasteiger partial charge >= 0.3 is 0 Å². The van der Waals surface area contributed by atoms with E-state index in [1.54, 1.807) is 7.05 Å². The first-order valence-electron chi connectivity index (χ1n) is 4.80. The monoisotopic (exact) mass is 207 g/mol. The summed E-state index contributed by atoms with van der Waals surface area (Å²) in [5.41, 5.74) is 0. The highest BCUT2D eigenvalue weighted by atomic mass is 32.2. The number of hydrogen-bond acceptors (Lipinski definition) is 3. The van der Waals surface area contributed by atoms with E-state index in [0.717, 1.165) is 12.8 Å². The largest absolute Gasteiger partial charge is 0.318 e. The van der Waals surface area contributed by atoms with E-state index in [-0.39, 0.29) is 11.2 Å². The molecule has 0 saturated heterocycles. The van der Waals surface area contributed by atoms with Crippen LogP contribution in [0.2, 0.25) is 0 Å². The van der Waals surface area contributed by atoms with Crippen LogP contribution in [-0.4, -0.2) is 33.5 Å². The van der Waals surface area contributed by atoms with Crippen molar-refractivity contribution in [3.63, 3.8) is 0 Å². The second-order valence-corrected chi connectivity index (χ2v) is 5.77. The van der Waals surface area contributed by atoms with Crippen LogP contribution < -0.4 is 5.32 Å². The molecule has 4 heteroatoms. The maximum atomic E-state index is 11.4. The molecule has 0 bridgehead atoms. The van der Waals surface area contributed by atoms with Gasteiger partial charge in [0, 0.05) is 12.8 Å². The van der Waals surface area contributed by atoms with Crippen molar-refractivity contribution in [1.82, 2.24) is 5.32 Å². The van der Waals surface area contributed by atoms with E-state index in [1.165, 1.54) is 6.26 Å². The van der Waals surface area contributed by atoms with E-state index >= 15 is 0 Å². The molecule has 0 aliphatic rings. The third-order valence-electron chi connectivity index (χ3n) is 2.53. The van der Waals surface area contributed by atoms with Gasteiger partial charge in [-0.25, -0.2) is 8.42 Å². The minimum Gasteiger partial charge on any atom is -0.318 e. The van der Waals surface area contributed by atoms with Crippen LogP contribution >= 0.6 is 0 Å². The van der Waals surface area contributed by atoms with Crippen molar-refractivity contribution < 1.29 is 8.42 Å². The van der Waals surface area contributed by atoms with Gasteiger partial charge in [0.05, 0.1) is 5.25 Å². The molecule has 0 fully saturated rings. The summed E-state index contributed by atoms with van der Waals surface area (Å²) in [5.74, 6) is 0.280. The predicted molar refractivity (Wildman–Crippen MR) is 56.6 cm³/mol. The van der Waals surface area contributed by atoms with Gasteiger partial charge in [-0.2, -0.15) is 0 Å². The molecule has 0 saturated carbocycles. The molecular weight excluding hydrogens is 186 g/mol. The molecule has 1 unspecified atom stereocenters. The van der Waals surface area contributed by atoms with Crippen LogP contribution in [-0.2, 0) is 9.84 Å². The number of nitrogens with one attached hydrogen (secondary N) is 1. The Hall–Kier alpha value is -0.0900. The molecule has 0 aromatic carbocycles. The van der Waals surface area contributed by atoms with E-state index < -0.39 is 9.84 Å². The molecule has 80 valence electrons. The minimum atomic E-state index is -2.91. The van der Waals surface area contributed by atoms with Crippen molar-refractivity contribution in [2.75, 3.05) is 19.8 Å². The Morgan fingerprint density at radius 3 is 1.92 bits per heavy atom. The van der Waals surface area contributed by atoms with Gasteiger partial charge < -0.3 is 5.32 Å². The molecule has 0 aromatic rings. The summed E-state index contributed by atoms with van der Waals surface area (Å²) in [6.07, 6.45) is 3.18. The van der Waals surface area contributed by atoms with Crippen molar-refractivity contribution in [3.8, 4) is 0 Å². The van der Waals surface area contributed by atoms with Crippen molar-refractivity contribution in [1.29, 1.82) is 0 Å². The molecule has 0 rings (SSSR count). The van der Waals surface area contributed by atoms with E-state index in [1.807, 2.05) is 13.8 Å². The summed E-state index contributed by atoms with van der Waals surface area (Å²) >= 11 is 0. The van der Waals surface area contributed by atoms with Gasteiger partial charge in [0.1, 0.15) is 0 Å². The first-order valence-corrected chi connectivity index (χ1v) is 6.76. The lowest BCUT2D eigenvalue weighted by molar-refractivity contribution is 0.438. The molecular formula is C9H21NO2S. The second-order valence-electron chi connectivity index (χ2n) is 3.50. The van der Waals surface area contributed by atoms with Gasteiger partial charge in [-0.05, 0) is 13.0 Å². The van der Waals surface area contributed by atoms with Crippen LogP contribution in [0.3, 0.4) is 0 Å². The van der Waals surface area contributed by atoms with Crippen LogP contribution in [0.15, 0.2) is 0 Å². The van der Waals surface area contributed by atoms with Crippen molar-refractivity contribution in [3.05, 3.63) is 0 Å². The van der Waals surface area contributed by atoms with E-state index in [2.05, 4.69) is 5.32 Å². The van der Waals surface area contributed by atoms with Gasteiger partial charge in [0.25, 0.3) is 0 Å². The second kappa shape index (κ2) is 5.60. The van der Waals surface area contributed by atoms with Crippen LogP contribution in [0.1, 0.15) is 26.7 Å². The standard InChI is InChI=1S/C9H21NO2S/c1-5-8(6-2)9(7-10-3)13(4,11)12/h8-10H,5-7H2,1-4H3. The summed E-state index contributed by atoms with van der Waals surface area (Å²) < 4.78 is 22.9. The highest BCUT2D eigenvalue weighted by Crippen LogP contribution is 2.18. The Kier molecular flexibility index (Phi) is 5.56. The SMILES string of the molecule is CCC(CC)C(CNC)S(C)(=O)=O. The Labute approximate surface area is 81.8 Å². The Balaban J connectivity index is 4.58. The molecule has 0 aromatic heterocycles. The summed E-state index contributed by atoms with van der Waals surface area (Å²) in [4.78, 5) is 0. The molecule has 0 aliphatic heterocycles. The zero-order valence-corrected chi connectivity index (χ0v) is 9.82. The molecule has 1 N–H and O–H groups in total. The summed E-state index contributed by atoms with van der Waals surface area (Å²) in [6.45, 7) is 4.65. The number of rotatable bonds is 6. The molecule has 13 heavy (non-hydrogen) atoms. The van der Waals surface area contributed by atoms with E-state index in [4.69, 9.17) is 0 Å². The fourth-order valence-corrected chi connectivity index (χ4v) is 3.24. The van der Waals surface area contributed by atoms with E-state index in [9.17, 15) is 8.42 Å². The first kappa shape index (κ1) is 12.9. The van der Waals surface area contributed by atoms with Gasteiger partial charge in [0.2, 0.25) is 0 Å².